The van der Waals surface area contributed by atoms with Gasteiger partial charge in [0.15, 0.2) is 0 Å². The molecular weight excluding hydrogens is 284 g/mol. The molecule has 0 aliphatic rings. The molecule has 0 aliphatic carbocycles. The van der Waals surface area contributed by atoms with Crippen LogP contribution in [-0.2, 0) is 4.74 Å². The second-order valence-electron chi connectivity index (χ2n) is 5.38. The molecule has 0 spiro atoms. The van der Waals surface area contributed by atoms with Gasteiger partial charge in [-0.15, -0.1) is 0 Å². The molecule has 3 nitrogen and oxygen atoms in total. The Bertz CT molecular complexity index is 383. The van der Waals surface area contributed by atoms with Gasteiger partial charge in [-0.3, -0.25) is 4.90 Å². The highest BCUT2D eigenvalue weighted by Crippen LogP contribution is 2.20. The van der Waals surface area contributed by atoms with Crippen LogP contribution in [-0.4, -0.2) is 44.3 Å². The van der Waals surface area contributed by atoms with Gasteiger partial charge in [-0.05, 0) is 44.1 Å². The van der Waals surface area contributed by atoms with E-state index in [-0.39, 0.29) is 0 Å². The monoisotopic (exact) mass is 312 g/mol. The van der Waals surface area contributed by atoms with Gasteiger partial charge in [-0.25, -0.2) is 0 Å². The van der Waals surface area contributed by atoms with Gasteiger partial charge in [-0.2, -0.15) is 0 Å². The molecule has 1 aromatic rings. The Morgan fingerprint density at radius 1 is 1.24 bits per heavy atom. The fraction of sp³-hybridized carbons (Fsp3) is 0.647. The van der Waals surface area contributed by atoms with Crippen LogP contribution in [0.15, 0.2) is 24.3 Å². The lowest BCUT2D eigenvalue weighted by Gasteiger charge is -2.29. The third-order valence-electron chi connectivity index (χ3n) is 3.87. The molecule has 2 unspecified atom stereocenters. The summed E-state index contributed by atoms with van der Waals surface area (Å²) in [5.41, 5.74) is 1.30. The summed E-state index contributed by atoms with van der Waals surface area (Å²) in [6, 6.07) is 8.98. The Labute approximate surface area is 134 Å². The molecule has 0 amide bonds. The van der Waals surface area contributed by atoms with Gasteiger partial charge in [0, 0.05) is 30.8 Å². The summed E-state index contributed by atoms with van der Waals surface area (Å²) >= 11 is 5.98. The number of hydrogen-bond donors (Lipinski definition) is 1. The summed E-state index contributed by atoms with van der Waals surface area (Å²) in [4.78, 5) is 2.46. The van der Waals surface area contributed by atoms with Crippen molar-refractivity contribution in [3.8, 4) is 0 Å². The lowest BCUT2D eigenvalue weighted by atomic mass is 10.0. The topological polar surface area (TPSA) is 24.5 Å². The Balaban J connectivity index is 2.63. The zero-order valence-corrected chi connectivity index (χ0v) is 14.5. The van der Waals surface area contributed by atoms with Crippen molar-refractivity contribution in [3.63, 3.8) is 0 Å². The van der Waals surface area contributed by atoms with Crippen LogP contribution in [0.25, 0.3) is 0 Å². The van der Waals surface area contributed by atoms with Gasteiger partial charge < -0.3 is 10.1 Å². The maximum atomic E-state index is 5.98. The molecule has 0 saturated heterocycles. The van der Waals surface area contributed by atoms with E-state index < -0.39 is 0 Å². The average Bonchev–Trinajstić information content (AvgIpc) is 2.48. The van der Waals surface area contributed by atoms with Gasteiger partial charge in [0.1, 0.15) is 0 Å². The van der Waals surface area contributed by atoms with Gasteiger partial charge >= 0.3 is 0 Å². The van der Waals surface area contributed by atoms with Crippen molar-refractivity contribution in [2.45, 2.75) is 39.3 Å². The predicted molar refractivity (Wildman–Crippen MR) is 91.1 cm³/mol. The smallest absolute Gasteiger partial charge is 0.0615 e. The number of likely N-dealkylation sites (N-methyl/N-ethyl adjacent to an activating group) is 1. The zero-order chi connectivity index (χ0) is 15.7. The molecule has 2 atom stereocenters. The molecule has 21 heavy (non-hydrogen) atoms. The van der Waals surface area contributed by atoms with Gasteiger partial charge in [0.2, 0.25) is 0 Å². The summed E-state index contributed by atoms with van der Waals surface area (Å²) in [6.07, 6.45) is 1.08. The van der Waals surface area contributed by atoms with Crippen LogP contribution in [0.2, 0.25) is 5.02 Å². The number of nitrogens with zero attached hydrogens (tertiary/aromatic N) is 1. The van der Waals surface area contributed by atoms with E-state index >= 15 is 0 Å². The Kier molecular flexibility index (Phi) is 8.93. The summed E-state index contributed by atoms with van der Waals surface area (Å²) in [5.74, 6) is 0. The molecule has 0 saturated carbocycles. The highest BCUT2D eigenvalue weighted by molar-refractivity contribution is 6.30. The van der Waals surface area contributed by atoms with E-state index in [2.05, 4.69) is 43.1 Å². The van der Waals surface area contributed by atoms with Crippen LogP contribution < -0.4 is 5.32 Å². The van der Waals surface area contributed by atoms with Crippen LogP contribution in [0.5, 0.6) is 0 Å². The molecule has 0 heterocycles. The van der Waals surface area contributed by atoms with E-state index in [1.165, 1.54) is 5.56 Å². The number of rotatable bonds is 10. The van der Waals surface area contributed by atoms with E-state index in [0.29, 0.717) is 12.1 Å². The van der Waals surface area contributed by atoms with Gasteiger partial charge in [0.25, 0.3) is 0 Å². The van der Waals surface area contributed by atoms with Crippen molar-refractivity contribution in [3.05, 3.63) is 34.9 Å². The Morgan fingerprint density at radius 2 is 1.90 bits per heavy atom. The third-order valence-corrected chi connectivity index (χ3v) is 4.12. The first kappa shape index (κ1) is 18.4. The number of methoxy groups -OCH3 is 1. The van der Waals surface area contributed by atoms with Crippen LogP contribution in [0.3, 0.4) is 0 Å². The lowest BCUT2D eigenvalue weighted by molar-refractivity contribution is 0.0997. The summed E-state index contributed by atoms with van der Waals surface area (Å²) in [5, 5.41) is 4.36. The first-order valence-electron chi connectivity index (χ1n) is 7.84. The molecule has 1 N–H and O–H groups in total. The SMILES string of the molecule is CCNC(CCN(CC)C(C)COC)c1ccc(Cl)cc1. The molecule has 4 heteroatoms. The van der Waals surface area contributed by atoms with E-state index in [1.54, 1.807) is 7.11 Å². The highest BCUT2D eigenvalue weighted by Gasteiger charge is 2.15. The van der Waals surface area contributed by atoms with Crippen LogP contribution >= 0.6 is 11.6 Å². The first-order chi connectivity index (χ1) is 10.1. The first-order valence-corrected chi connectivity index (χ1v) is 8.21. The Hall–Kier alpha value is -0.610. The van der Waals surface area contributed by atoms with Crippen molar-refractivity contribution in [1.29, 1.82) is 0 Å². The van der Waals surface area contributed by atoms with E-state index in [0.717, 1.165) is 37.7 Å². The zero-order valence-electron chi connectivity index (χ0n) is 13.7. The van der Waals surface area contributed by atoms with Crippen LogP contribution in [0.4, 0.5) is 0 Å². The van der Waals surface area contributed by atoms with Crippen molar-refractivity contribution < 1.29 is 4.74 Å². The largest absolute Gasteiger partial charge is 0.383 e. The standard InChI is InChI=1S/C17H29ClN2O/c1-5-19-17(15-7-9-16(18)10-8-15)11-12-20(6-2)14(3)13-21-4/h7-10,14,17,19H,5-6,11-13H2,1-4H3. The van der Waals surface area contributed by atoms with Crippen LogP contribution in [0, 0.1) is 0 Å². The second kappa shape index (κ2) is 10.2. The normalized spacial score (nSPS) is 14.4. The minimum absolute atomic E-state index is 0.371. The molecule has 0 aromatic heterocycles. The van der Waals surface area contributed by atoms with E-state index in [1.807, 2.05) is 12.1 Å². The van der Waals surface area contributed by atoms with Crippen molar-refractivity contribution in [1.82, 2.24) is 10.2 Å². The quantitative estimate of drug-likeness (QED) is 0.712. The molecule has 0 bridgehead atoms. The maximum absolute atomic E-state index is 5.98. The van der Waals surface area contributed by atoms with Gasteiger partial charge in [-0.1, -0.05) is 37.6 Å². The number of hydrogen-bond acceptors (Lipinski definition) is 3. The molecule has 0 radical (unpaired) electrons. The average molecular weight is 313 g/mol. The van der Waals surface area contributed by atoms with E-state index in [4.69, 9.17) is 16.3 Å². The number of nitrogens with one attached hydrogen (secondary N) is 1. The second-order valence-corrected chi connectivity index (χ2v) is 5.82. The molecular formula is C17H29ClN2O. The van der Waals surface area contributed by atoms with E-state index in [9.17, 15) is 0 Å². The fourth-order valence-corrected chi connectivity index (χ4v) is 2.79. The number of benzene rings is 1. The highest BCUT2D eigenvalue weighted by atomic mass is 35.5. The van der Waals surface area contributed by atoms with Crippen molar-refractivity contribution >= 4 is 11.6 Å². The predicted octanol–water partition coefficient (Wildman–Crippen LogP) is 3.74. The van der Waals surface area contributed by atoms with Crippen molar-refractivity contribution in [2.24, 2.45) is 0 Å². The number of ether oxygens (including phenoxy) is 1. The number of halogens is 1. The Morgan fingerprint density at radius 3 is 2.43 bits per heavy atom. The lowest BCUT2D eigenvalue weighted by Crippen LogP contribution is -2.38. The molecule has 120 valence electrons. The third kappa shape index (κ3) is 6.35. The minimum Gasteiger partial charge on any atom is -0.383 e. The van der Waals surface area contributed by atoms with Gasteiger partial charge in [0.05, 0.1) is 6.61 Å². The summed E-state index contributed by atoms with van der Waals surface area (Å²) < 4.78 is 5.27. The summed E-state index contributed by atoms with van der Waals surface area (Å²) in [7, 11) is 1.76. The van der Waals surface area contributed by atoms with Crippen molar-refractivity contribution in [2.75, 3.05) is 33.4 Å². The molecule has 1 rings (SSSR count). The van der Waals surface area contributed by atoms with Crippen LogP contribution in [0.1, 0.15) is 38.8 Å². The summed E-state index contributed by atoms with van der Waals surface area (Å²) in [6.45, 7) is 10.4. The molecule has 0 aliphatic heterocycles. The minimum atomic E-state index is 0.371. The molecule has 0 fully saturated rings. The molecule has 1 aromatic carbocycles. The maximum Gasteiger partial charge on any atom is 0.0615 e. The fourth-order valence-electron chi connectivity index (χ4n) is 2.66.